The van der Waals surface area contributed by atoms with Gasteiger partial charge in [-0.2, -0.15) is 0 Å². The molecule has 0 fully saturated rings. The molecular formula is C15H13F3N2O3S. The third-order valence-electron chi connectivity index (χ3n) is 3.76. The molecule has 3 N–H and O–H groups in total. The second-order valence-corrected chi connectivity index (χ2v) is 6.55. The van der Waals surface area contributed by atoms with Gasteiger partial charge in [-0.05, 0) is 17.7 Å². The van der Waals surface area contributed by atoms with E-state index in [-0.39, 0.29) is 29.0 Å². The Labute approximate surface area is 137 Å². The summed E-state index contributed by atoms with van der Waals surface area (Å²) in [7, 11) is -1.96. The van der Waals surface area contributed by atoms with E-state index >= 15 is 0 Å². The van der Waals surface area contributed by atoms with Crippen molar-refractivity contribution in [2.24, 2.45) is 0 Å². The summed E-state index contributed by atoms with van der Waals surface area (Å²) in [4.78, 5) is 11.1. The van der Waals surface area contributed by atoms with E-state index in [2.05, 4.69) is 10.0 Å². The average molecular weight is 358 g/mol. The van der Waals surface area contributed by atoms with Crippen molar-refractivity contribution in [1.82, 2.24) is 10.0 Å². The smallest absolute Gasteiger partial charge is 0.257 e. The predicted molar refractivity (Wildman–Crippen MR) is 82.7 cm³/mol. The fourth-order valence-electron chi connectivity index (χ4n) is 2.69. The molecule has 0 saturated carbocycles. The second-order valence-electron chi connectivity index (χ2n) is 5.37. The van der Waals surface area contributed by atoms with E-state index in [0.29, 0.717) is 5.57 Å². The zero-order valence-electron chi connectivity index (χ0n) is 12.2. The lowest BCUT2D eigenvalue weighted by atomic mass is 10.0. The van der Waals surface area contributed by atoms with Crippen LogP contribution in [0.1, 0.15) is 17.5 Å². The molecule has 2 atom stereocenters. The van der Waals surface area contributed by atoms with E-state index in [1.807, 2.05) is 0 Å². The molecule has 0 spiro atoms. The molecule has 0 aromatic heterocycles. The van der Waals surface area contributed by atoms with Gasteiger partial charge in [0.1, 0.15) is 11.6 Å². The molecule has 5 nitrogen and oxygen atoms in total. The van der Waals surface area contributed by atoms with Crippen LogP contribution in [0.15, 0.2) is 24.3 Å². The number of amides is 1. The van der Waals surface area contributed by atoms with Crippen LogP contribution < -0.4 is 10.0 Å². The average Bonchev–Trinajstić information content (AvgIpc) is 3.05. The highest BCUT2D eigenvalue weighted by Crippen LogP contribution is 2.36. The number of phenolic OH excluding ortho intramolecular Hbond substituents is 1. The first kappa shape index (κ1) is 16.7. The molecule has 2 unspecified atom stereocenters. The van der Waals surface area contributed by atoms with E-state index < -0.39 is 40.9 Å². The number of carbonyl (C=O) groups excluding carboxylic acids is 1. The summed E-state index contributed by atoms with van der Waals surface area (Å²) in [6.07, 6.45) is -0.404. The fourth-order valence-corrected chi connectivity index (χ4v) is 3.64. The second kappa shape index (κ2) is 6.40. The SMILES string of the molecule is O=C1C=C(c2c(O)ccc(C3=CC(CC(F)F)NC3)c2F)S(=O)N1. The van der Waals surface area contributed by atoms with Crippen molar-refractivity contribution < 1.29 is 27.3 Å². The number of benzene rings is 1. The molecule has 3 rings (SSSR count). The number of hydrogen-bond acceptors (Lipinski definition) is 4. The van der Waals surface area contributed by atoms with Crippen molar-refractivity contribution in [3.05, 3.63) is 41.2 Å². The monoisotopic (exact) mass is 358 g/mol. The van der Waals surface area contributed by atoms with Gasteiger partial charge in [0.2, 0.25) is 6.43 Å². The van der Waals surface area contributed by atoms with Gasteiger partial charge in [-0.1, -0.05) is 6.08 Å². The minimum absolute atomic E-state index is 0.101. The van der Waals surface area contributed by atoms with E-state index in [1.165, 1.54) is 18.2 Å². The van der Waals surface area contributed by atoms with Gasteiger partial charge in [-0.15, -0.1) is 0 Å². The molecule has 128 valence electrons. The number of hydrogen-bond donors (Lipinski definition) is 3. The Balaban J connectivity index is 2.00. The molecule has 2 heterocycles. The third kappa shape index (κ3) is 3.09. The van der Waals surface area contributed by atoms with Crippen LogP contribution in [0.3, 0.4) is 0 Å². The van der Waals surface area contributed by atoms with Crippen molar-refractivity contribution >= 4 is 27.4 Å². The summed E-state index contributed by atoms with van der Waals surface area (Å²) in [5, 5.41) is 12.7. The van der Waals surface area contributed by atoms with Gasteiger partial charge in [0.05, 0.1) is 10.5 Å². The van der Waals surface area contributed by atoms with Gasteiger partial charge in [-0.3, -0.25) is 9.52 Å². The first-order valence-electron chi connectivity index (χ1n) is 7.05. The van der Waals surface area contributed by atoms with Crippen LogP contribution in [0, 0.1) is 5.82 Å². The van der Waals surface area contributed by atoms with E-state index in [0.717, 1.165) is 6.08 Å². The summed E-state index contributed by atoms with van der Waals surface area (Å²) in [6, 6.07) is 1.97. The lowest BCUT2D eigenvalue weighted by Gasteiger charge is -2.11. The van der Waals surface area contributed by atoms with Crippen LogP contribution >= 0.6 is 0 Å². The largest absolute Gasteiger partial charge is 0.507 e. The molecule has 1 aromatic rings. The third-order valence-corrected chi connectivity index (χ3v) is 4.86. The number of phenols is 1. The van der Waals surface area contributed by atoms with E-state index in [9.17, 15) is 27.3 Å². The van der Waals surface area contributed by atoms with E-state index in [4.69, 9.17) is 0 Å². The van der Waals surface area contributed by atoms with Gasteiger partial charge in [0.25, 0.3) is 5.91 Å². The Bertz CT molecular complexity index is 792. The number of aromatic hydroxyl groups is 1. The summed E-state index contributed by atoms with van der Waals surface area (Å²) in [6.45, 7) is 0.192. The Morgan fingerprint density at radius 1 is 1.38 bits per heavy atom. The molecule has 1 aromatic carbocycles. The quantitative estimate of drug-likeness (QED) is 0.765. The minimum Gasteiger partial charge on any atom is -0.507 e. The van der Waals surface area contributed by atoms with Crippen molar-refractivity contribution in [2.45, 2.75) is 18.9 Å². The lowest BCUT2D eigenvalue weighted by molar-refractivity contribution is -0.114. The highest BCUT2D eigenvalue weighted by Gasteiger charge is 2.29. The zero-order valence-corrected chi connectivity index (χ0v) is 13.0. The molecule has 9 heteroatoms. The zero-order chi connectivity index (χ0) is 17.4. The van der Waals surface area contributed by atoms with Crippen molar-refractivity contribution in [3.8, 4) is 5.75 Å². The summed E-state index contributed by atoms with van der Waals surface area (Å²) < 4.78 is 53.6. The topological polar surface area (TPSA) is 78.4 Å². The van der Waals surface area contributed by atoms with Crippen LogP contribution in [0.4, 0.5) is 13.2 Å². The minimum atomic E-state index is -2.48. The predicted octanol–water partition coefficient (Wildman–Crippen LogP) is 1.68. The van der Waals surface area contributed by atoms with Crippen LogP contribution in [0.2, 0.25) is 0 Å². The van der Waals surface area contributed by atoms with Gasteiger partial charge in [0.15, 0.2) is 11.0 Å². The van der Waals surface area contributed by atoms with Gasteiger partial charge >= 0.3 is 0 Å². The molecule has 0 radical (unpaired) electrons. The first-order chi connectivity index (χ1) is 11.4. The summed E-state index contributed by atoms with van der Waals surface area (Å²) >= 11 is 0. The Morgan fingerprint density at radius 3 is 2.75 bits per heavy atom. The van der Waals surface area contributed by atoms with Crippen LogP contribution in [0.25, 0.3) is 10.5 Å². The lowest BCUT2D eigenvalue weighted by Crippen LogP contribution is -2.24. The number of alkyl halides is 2. The molecule has 24 heavy (non-hydrogen) atoms. The maximum absolute atomic E-state index is 14.8. The highest BCUT2D eigenvalue weighted by atomic mass is 32.2. The normalized spacial score (nSPS) is 23.4. The first-order valence-corrected chi connectivity index (χ1v) is 8.20. The fraction of sp³-hybridized carbons (Fsp3) is 0.267. The van der Waals surface area contributed by atoms with Crippen LogP contribution in [-0.2, 0) is 15.8 Å². The molecule has 0 bridgehead atoms. The Morgan fingerprint density at radius 2 is 2.12 bits per heavy atom. The van der Waals surface area contributed by atoms with Crippen molar-refractivity contribution in [3.63, 3.8) is 0 Å². The standard InChI is InChI=1S/C15H13F3N2O3S/c16-12(17)4-8-3-7(6-19-8)9-1-2-10(21)14(15(9)18)11-5-13(22)20-24(11)23/h1-3,5,8,12,19,21H,4,6H2,(H,20,22). The number of rotatable bonds is 4. The molecule has 2 aliphatic rings. The number of halogens is 3. The maximum atomic E-state index is 14.8. The maximum Gasteiger partial charge on any atom is 0.257 e. The van der Waals surface area contributed by atoms with Crippen molar-refractivity contribution in [2.75, 3.05) is 6.54 Å². The summed E-state index contributed by atoms with van der Waals surface area (Å²) in [5.74, 6) is -1.95. The van der Waals surface area contributed by atoms with Gasteiger partial charge < -0.3 is 10.4 Å². The van der Waals surface area contributed by atoms with Crippen LogP contribution in [-0.4, -0.2) is 34.2 Å². The molecule has 1 amide bonds. The highest BCUT2D eigenvalue weighted by molar-refractivity contribution is 7.94. The molecular weight excluding hydrogens is 345 g/mol. The molecule has 0 aliphatic carbocycles. The molecule has 2 aliphatic heterocycles. The number of carbonyl (C=O) groups is 1. The Kier molecular flexibility index (Phi) is 4.46. The summed E-state index contributed by atoms with van der Waals surface area (Å²) in [5.41, 5.74) is 0.231. The Hall–Kier alpha value is -2.13. The van der Waals surface area contributed by atoms with Crippen LogP contribution in [0.5, 0.6) is 5.75 Å². The van der Waals surface area contributed by atoms with Gasteiger partial charge in [-0.25, -0.2) is 17.4 Å². The molecule has 0 saturated heterocycles. The number of nitrogens with one attached hydrogen (secondary N) is 2. The van der Waals surface area contributed by atoms with Gasteiger partial charge in [0, 0.05) is 30.6 Å². The van der Waals surface area contributed by atoms with Crippen molar-refractivity contribution in [1.29, 1.82) is 0 Å². The van der Waals surface area contributed by atoms with E-state index in [1.54, 1.807) is 0 Å².